The molecule has 0 amide bonds. The zero-order chi connectivity index (χ0) is 20.9. The number of hydrogen-bond acceptors (Lipinski definition) is 2. The number of carboxylic acids is 1. The van der Waals surface area contributed by atoms with Crippen LogP contribution in [-0.2, 0) is 10.2 Å². The standard InChI is InChI=1S/C26H37NO2.BrH/c1-20-26(2,3)25-22-15-12-11-14-21(22)17-18-23(25)27(20)19-13-9-7-5-4-6-8-10-16-24(28)29;/h11-12,14-15,17-18,20H,4-10,13,16,19H2,1-3H3,(H,28,29);1H. The van der Waals surface area contributed by atoms with Gasteiger partial charge in [-0.3, -0.25) is 4.79 Å². The van der Waals surface area contributed by atoms with E-state index in [1.54, 1.807) is 0 Å². The van der Waals surface area contributed by atoms with Crippen molar-refractivity contribution in [3.8, 4) is 0 Å². The number of unbranched alkanes of at least 4 members (excludes halogenated alkanes) is 7. The Morgan fingerprint density at radius 2 is 1.53 bits per heavy atom. The second kappa shape index (κ2) is 11.2. The summed E-state index contributed by atoms with van der Waals surface area (Å²) < 4.78 is 0. The Hall–Kier alpha value is -1.55. The van der Waals surface area contributed by atoms with Gasteiger partial charge in [-0.05, 0) is 42.2 Å². The number of hydrogen-bond donors (Lipinski definition) is 1. The van der Waals surface area contributed by atoms with Crippen LogP contribution in [0.15, 0.2) is 36.4 Å². The molecule has 0 fully saturated rings. The lowest BCUT2D eigenvalue weighted by atomic mass is 9.79. The summed E-state index contributed by atoms with van der Waals surface area (Å²) in [6.07, 6.45) is 9.69. The molecule has 0 saturated heterocycles. The highest BCUT2D eigenvalue weighted by molar-refractivity contribution is 8.93. The first-order chi connectivity index (χ1) is 13.9. The third kappa shape index (κ3) is 5.57. The number of nitrogens with zero attached hydrogens (tertiary/aromatic N) is 1. The lowest BCUT2D eigenvalue weighted by Gasteiger charge is -2.31. The van der Waals surface area contributed by atoms with E-state index in [0.717, 1.165) is 19.4 Å². The predicted octanol–water partition coefficient (Wildman–Crippen LogP) is 7.50. The fraction of sp³-hybridized carbons (Fsp3) is 0.577. The first kappa shape index (κ1) is 24.7. The minimum atomic E-state index is -0.668. The summed E-state index contributed by atoms with van der Waals surface area (Å²) in [4.78, 5) is 13.1. The third-order valence-electron chi connectivity index (χ3n) is 6.91. The molecule has 1 N–H and O–H groups in total. The predicted molar refractivity (Wildman–Crippen MR) is 133 cm³/mol. The van der Waals surface area contributed by atoms with E-state index in [4.69, 9.17) is 5.11 Å². The van der Waals surface area contributed by atoms with E-state index in [2.05, 4.69) is 62.1 Å². The van der Waals surface area contributed by atoms with Crippen LogP contribution in [0.25, 0.3) is 10.8 Å². The van der Waals surface area contributed by atoms with Crippen molar-refractivity contribution < 1.29 is 9.90 Å². The van der Waals surface area contributed by atoms with Gasteiger partial charge in [0.15, 0.2) is 0 Å². The Morgan fingerprint density at radius 1 is 0.933 bits per heavy atom. The van der Waals surface area contributed by atoms with Gasteiger partial charge in [0.1, 0.15) is 0 Å². The lowest BCUT2D eigenvalue weighted by Crippen LogP contribution is -2.39. The van der Waals surface area contributed by atoms with Crippen molar-refractivity contribution in [1.29, 1.82) is 0 Å². The maximum Gasteiger partial charge on any atom is 0.303 e. The van der Waals surface area contributed by atoms with Crippen molar-refractivity contribution in [3.05, 3.63) is 42.0 Å². The van der Waals surface area contributed by atoms with Crippen LogP contribution in [0.4, 0.5) is 5.69 Å². The highest BCUT2D eigenvalue weighted by Gasteiger charge is 2.42. The zero-order valence-corrected chi connectivity index (χ0v) is 20.5. The second-order valence-corrected chi connectivity index (χ2v) is 9.24. The van der Waals surface area contributed by atoms with Crippen molar-refractivity contribution >= 4 is 39.4 Å². The van der Waals surface area contributed by atoms with E-state index >= 15 is 0 Å². The fourth-order valence-electron chi connectivity index (χ4n) is 4.92. The highest BCUT2D eigenvalue weighted by atomic mass is 79.9. The van der Waals surface area contributed by atoms with E-state index in [-0.39, 0.29) is 22.4 Å². The maximum absolute atomic E-state index is 10.5. The molecule has 1 aliphatic heterocycles. The molecule has 1 unspecified atom stereocenters. The van der Waals surface area contributed by atoms with E-state index in [1.165, 1.54) is 60.5 Å². The minimum absolute atomic E-state index is 0. The molecule has 0 bridgehead atoms. The lowest BCUT2D eigenvalue weighted by molar-refractivity contribution is -0.137. The van der Waals surface area contributed by atoms with Gasteiger partial charge in [-0.2, -0.15) is 0 Å². The molecule has 0 spiro atoms. The number of aliphatic carboxylic acids is 1. The Kier molecular flexibility index (Phi) is 9.21. The molecule has 4 heteroatoms. The van der Waals surface area contributed by atoms with Gasteiger partial charge in [-0.25, -0.2) is 0 Å². The van der Waals surface area contributed by atoms with Gasteiger partial charge in [-0.1, -0.05) is 82.7 Å². The minimum Gasteiger partial charge on any atom is -0.481 e. The smallest absolute Gasteiger partial charge is 0.303 e. The number of anilines is 1. The van der Waals surface area contributed by atoms with Gasteiger partial charge in [0.05, 0.1) is 0 Å². The number of rotatable bonds is 11. The number of carboxylic acid groups (broad SMARTS) is 1. The van der Waals surface area contributed by atoms with E-state index < -0.39 is 5.97 Å². The van der Waals surface area contributed by atoms with Crippen molar-refractivity contribution in [2.24, 2.45) is 0 Å². The van der Waals surface area contributed by atoms with Gasteiger partial charge >= 0.3 is 5.97 Å². The van der Waals surface area contributed by atoms with Gasteiger partial charge in [-0.15, -0.1) is 17.0 Å². The average molecular weight is 476 g/mol. The molecule has 0 saturated carbocycles. The molecule has 0 aromatic heterocycles. The largest absolute Gasteiger partial charge is 0.481 e. The molecule has 2 aromatic rings. The normalized spacial score (nSPS) is 17.0. The zero-order valence-electron chi connectivity index (χ0n) is 18.8. The number of fused-ring (bicyclic) bond motifs is 3. The monoisotopic (exact) mass is 475 g/mol. The van der Waals surface area contributed by atoms with Crippen LogP contribution in [0.3, 0.4) is 0 Å². The summed E-state index contributed by atoms with van der Waals surface area (Å²) in [5.41, 5.74) is 3.11. The van der Waals surface area contributed by atoms with Crippen molar-refractivity contribution in [1.82, 2.24) is 0 Å². The molecule has 3 nitrogen and oxygen atoms in total. The summed E-state index contributed by atoms with van der Waals surface area (Å²) in [5.74, 6) is -0.668. The average Bonchev–Trinajstić information content (AvgIpc) is 2.89. The molecular weight excluding hydrogens is 438 g/mol. The van der Waals surface area contributed by atoms with E-state index in [9.17, 15) is 4.79 Å². The first-order valence-electron chi connectivity index (χ1n) is 11.4. The molecule has 0 aliphatic carbocycles. The van der Waals surface area contributed by atoms with Crippen LogP contribution < -0.4 is 4.90 Å². The summed E-state index contributed by atoms with van der Waals surface area (Å²) in [6, 6.07) is 13.9. The van der Waals surface area contributed by atoms with Crippen LogP contribution in [0.1, 0.15) is 84.1 Å². The number of halogens is 1. The van der Waals surface area contributed by atoms with Crippen LogP contribution in [0.2, 0.25) is 0 Å². The number of carbonyl (C=O) groups is 1. The van der Waals surface area contributed by atoms with Crippen LogP contribution in [0, 0.1) is 0 Å². The Labute approximate surface area is 192 Å². The number of benzene rings is 2. The highest BCUT2D eigenvalue weighted by Crippen LogP contribution is 2.48. The van der Waals surface area contributed by atoms with Gasteiger partial charge in [0.2, 0.25) is 0 Å². The quantitative estimate of drug-likeness (QED) is 0.342. The van der Waals surface area contributed by atoms with Crippen LogP contribution in [-0.4, -0.2) is 23.7 Å². The van der Waals surface area contributed by atoms with Crippen molar-refractivity contribution in [2.45, 2.75) is 90.0 Å². The topological polar surface area (TPSA) is 40.5 Å². The molecule has 1 heterocycles. The SMILES string of the molecule is Br.CC1N(CCCCCCCCCCC(=O)O)c2ccc3ccccc3c2C1(C)C. The van der Waals surface area contributed by atoms with Gasteiger partial charge in [0.25, 0.3) is 0 Å². The Balaban J connectivity index is 0.00000320. The molecule has 30 heavy (non-hydrogen) atoms. The Bertz CT molecular complexity index is 833. The molecule has 2 aromatic carbocycles. The molecule has 1 aliphatic rings. The van der Waals surface area contributed by atoms with Crippen molar-refractivity contribution in [2.75, 3.05) is 11.4 Å². The molecule has 0 radical (unpaired) electrons. The maximum atomic E-state index is 10.5. The summed E-state index contributed by atoms with van der Waals surface area (Å²) >= 11 is 0. The fourth-order valence-corrected chi connectivity index (χ4v) is 4.92. The van der Waals surface area contributed by atoms with E-state index in [0.29, 0.717) is 12.5 Å². The van der Waals surface area contributed by atoms with Crippen LogP contribution in [0.5, 0.6) is 0 Å². The third-order valence-corrected chi connectivity index (χ3v) is 6.91. The summed E-state index contributed by atoms with van der Waals surface area (Å²) in [6.45, 7) is 8.31. The van der Waals surface area contributed by atoms with Crippen molar-refractivity contribution in [3.63, 3.8) is 0 Å². The van der Waals surface area contributed by atoms with Crippen LogP contribution >= 0.6 is 17.0 Å². The second-order valence-electron chi connectivity index (χ2n) is 9.24. The van der Waals surface area contributed by atoms with E-state index in [1.807, 2.05) is 0 Å². The van der Waals surface area contributed by atoms with Gasteiger partial charge in [0, 0.05) is 30.1 Å². The first-order valence-corrected chi connectivity index (χ1v) is 11.4. The Morgan fingerprint density at radius 3 is 2.20 bits per heavy atom. The molecule has 166 valence electrons. The van der Waals surface area contributed by atoms with Gasteiger partial charge < -0.3 is 10.0 Å². The molecule has 3 rings (SSSR count). The summed E-state index contributed by atoms with van der Waals surface area (Å²) in [5, 5.41) is 11.4. The summed E-state index contributed by atoms with van der Waals surface area (Å²) in [7, 11) is 0. The molecular formula is C26H38BrNO2. The molecule has 1 atom stereocenters.